The minimum atomic E-state index is -1.41. The van der Waals surface area contributed by atoms with Crippen LogP contribution in [0, 0.1) is 17.3 Å². The molecule has 0 saturated carbocycles. The fourth-order valence-corrected chi connectivity index (χ4v) is 4.70. The van der Waals surface area contributed by atoms with Crippen LogP contribution in [0.15, 0.2) is 42.5 Å². The molecular formula is C34H50N4O9. The number of esters is 2. The van der Waals surface area contributed by atoms with Crippen LogP contribution in [0.4, 0.5) is 4.79 Å². The Morgan fingerprint density at radius 2 is 1.66 bits per heavy atom. The molecule has 1 aliphatic heterocycles. The number of carbonyl (C=O) groups excluding carboxylic acids is 6. The molecule has 4 amide bonds. The minimum Gasteiger partial charge on any atom is -0.463 e. The summed E-state index contributed by atoms with van der Waals surface area (Å²) in [5.41, 5.74) is -0.156. The van der Waals surface area contributed by atoms with Crippen molar-refractivity contribution in [2.45, 2.75) is 98.6 Å². The topological polar surface area (TPSA) is 178 Å². The summed E-state index contributed by atoms with van der Waals surface area (Å²) in [5.74, 6) is -3.09. The molecular weight excluding hydrogens is 608 g/mol. The van der Waals surface area contributed by atoms with Crippen molar-refractivity contribution < 1.29 is 43.0 Å². The van der Waals surface area contributed by atoms with E-state index in [1.165, 1.54) is 19.1 Å². The zero-order valence-electron chi connectivity index (χ0n) is 28.4. The molecule has 1 saturated heterocycles. The molecule has 0 radical (unpaired) electrons. The Bertz CT molecular complexity index is 1260. The zero-order chi connectivity index (χ0) is 35.1. The number of benzene rings is 1. The third-order valence-corrected chi connectivity index (χ3v) is 7.26. The lowest BCUT2D eigenvalue weighted by molar-refractivity contribution is -0.160. The molecule has 2 rings (SSSR count). The molecule has 260 valence electrons. The Morgan fingerprint density at radius 3 is 2.23 bits per heavy atom. The van der Waals surface area contributed by atoms with Crippen molar-refractivity contribution in [2.24, 2.45) is 17.3 Å². The van der Waals surface area contributed by atoms with Crippen molar-refractivity contribution in [2.75, 3.05) is 13.2 Å². The first kappa shape index (κ1) is 38.8. The lowest BCUT2D eigenvalue weighted by Gasteiger charge is -2.29. The quantitative estimate of drug-likeness (QED) is 0.118. The van der Waals surface area contributed by atoms with Gasteiger partial charge in [0.2, 0.25) is 17.7 Å². The highest BCUT2D eigenvalue weighted by Crippen LogP contribution is 2.19. The van der Waals surface area contributed by atoms with Crippen LogP contribution >= 0.6 is 0 Å². The second-order valence-corrected chi connectivity index (χ2v) is 13.0. The number of hydrogen-bond donors (Lipinski definition) is 4. The molecule has 0 spiro atoms. The first-order valence-corrected chi connectivity index (χ1v) is 16.0. The number of carbonyl (C=O) groups is 6. The molecule has 5 atom stereocenters. The highest BCUT2D eigenvalue weighted by molar-refractivity contribution is 5.92. The van der Waals surface area contributed by atoms with Crippen LogP contribution in [0.2, 0.25) is 0 Å². The predicted octanol–water partition coefficient (Wildman–Crippen LogP) is 2.92. The van der Waals surface area contributed by atoms with Gasteiger partial charge in [0.25, 0.3) is 0 Å². The highest BCUT2D eigenvalue weighted by Gasteiger charge is 2.36. The SMILES string of the molecule is CCOC(=O)C=C[C@H](C[C@@H]1CCNC1=O)NC(=O)[C@H](CC(C)C)NC(=O)[C@@H](NC(=O)OCc1ccccc1)C(C)OC(=O)C(C)(C)C. The van der Waals surface area contributed by atoms with Crippen LogP contribution in [0.1, 0.15) is 73.3 Å². The van der Waals surface area contributed by atoms with Crippen LogP contribution in [0.3, 0.4) is 0 Å². The van der Waals surface area contributed by atoms with Crippen molar-refractivity contribution in [1.29, 1.82) is 0 Å². The van der Waals surface area contributed by atoms with Gasteiger partial charge in [0.15, 0.2) is 0 Å². The van der Waals surface area contributed by atoms with E-state index in [4.69, 9.17) is 14.2 Å². The normalized spacial score (nSPS) is 17.2. The molecule has 13 nitrogen and oxygen atoms in total. The van der Waals surface area contributed by atoms with Crippen LogP contribution in [-0.4, -0.2) is 73.1 Å². The first-order valence-electron chi connectivity index (χ1n) is 16.0. The molecule has 0 aromatic heterocycles. The average molecular weight is 659 g/mol. The largest absolute Gasteiger partial charge is 0.463 e. The summed E-state index contributed by atoms with van der Waals surface area (Å²) in [6, 6.07) is 5.75. The second kappa shape index (κ2) is 18.7. The summed E-state index contributed by atoms with van der Waals surface area (Å²) in [4.78, 5) is 77.2. The number of alkyl carbamates (subject to hydrolysis) is 1. The third kappa shape index (κ3) is 13.8. The van der Waals surface area contributed by atoms with Crippen LogP contribution in [-0.2, 0) is 44.8 Å². The van der Waals surface area contributed by atoms with Crippen molar-refractivity contribution in [3.63, 3.8) is 0 Å². The molecule has 1 unspecified atom stereocenters. The van der Waals surface area contributed by atoms with Crippen LogP contribution < -0.4 is 21.3 Å². The number of rotatable bonds is 16. The molecule has 13 heteroatoms. The van der Waals surface area contributed by atoms with E-state index in [0.29, 0.717) is 13.0 Å². The zero-order valence-corrected chi connectivity index (χ0v) is 28.4. The Balaban J connectivity index is 2.27. The summed E-state index contributed by atoms with van der Waals surface area (Å²) < 4.78 is 15.8. The number of ether oxygens (including phenoxy) is 3. The predicted molar refractivity (Wildman–Crippen MR) is 173 cm³/mol. The van der Waals surface area contributed by atoms with E-state index < -0.39 is 59.5 Å². The standard InChI is InChI=1S/C34H50N4O9/c1-8-45-27(39)15-14-25(19-24-16-17-35-29(24)40)36-30(41)26(18-21(2)3)37-31(42)28(22(4)47-32(43)34(5,6)7)38-33(44)46-20-23-12-10-9-11-13-23/h9-15,21-22,24-26,28H,8,16-20H2,1-7H3,(H,35,40)(H,36,41)(H,37,42)(H,38,44)/t22?,24-,25+,26-,28-/m0/s1. The monoisotopic (exact) mass is 658 g/mol. The average Bonchev–Trinajstić information content (AvgIpc) is 3.40. The van der Waals surface area contributed by atoms with Gasteiger partial charge in [-0.1, -0.05) is 50.3 Å². The molecule has 0 aliphatic carbocycles. The fourth-order valence-electron chi connectivity index (χ4n) is 4.70. The van der Waals surface area contributed by atoms with Gasteiger partial charge in [-0.2, -0.15) is 0 Å². The van der Waals surface area contributed by atoms with E-state index >= 15 is 0 Å². The van der Waals surface area contributed by atoms with Gasteiger partial charge >= 0.3 is 18.0 Å². The van der Waals surface area contributed by atoms with Crippen molar-refractivity contribution in [3.8, 4) is 0 Å². The van der Waals surface area contributed by atoms with Crippen molar-refractivity contribution in [1.82, 2.24) is 21.3 Å². The Morgan fingerprint density at radius 1 is 0.979 bits per heavy atom. The van der Waals surface area contributed by atoms with Gasteiger partial charge in [0, 0.05) is 24.6 Å². The smallest absolute Gasteiger partial charge is 0.408 e. The van der Waals surface area contributed by atoms with E-state index in [9.17, 15) is 28.8 Å². The maximum absolute atomic E-state index is 13.7. The summed E-state index contributed by atoms with van der Waals surface area (Å²) in [6.45, 7) is 12.5. The van der Waals surface area contributed by atoms with Gasteiger partial charge in [-0.05, 0) is 65.4 Å². The molecule has 1 aromatic rings. The van der Waals surface area contributed by atoms with Gasteiger partial charge in [-0.3, -0.25) is 19.2 Å². The van der Waals surface area contributed by atoms with Crippen molar-refractivity contribution >= 4 is 35.8 Å². The van der Waals surface area contributed by atoms with Gasteiger partial charge < -0.3 is 35.5 Å². The lowest BCUT2D eigenvalue weighted by Crippen LogP contribution is -2.58. The minimum absolute atomic E-state index is 0.0430. The first-order chi connectivity index (χ1) is 22.1. The fraction of sp³-hybridized carbons (Fsp3) is 0.588. The molecule has 1 aromatic carbocycles. The Hall–Kier alpha value is -4.42. The van der Waals surface area contributed by atoms with E-state index in [-0.39, 0.29) is 43.8 Å². The lowest BCUT2D eigenvalue weighted by atomic mass is 9.96. The Labute approximate surface area is 276 Å². The number of amides is 4. The summed E-state index contributed by atoms with van der Waals surface area (Å²) in [5, 5.41) is 10.8. The van der Waals surface area contributed by atoms with Gasteiger partial charge in [-0.15, -0.1) is 0 Å². The summed E-state index contributed by atoms with van der Waals surface area (Å²) >= 11 is 0. The molecule has 1 fully saturated rings. The molecule has 4 N–H and O–H groups in total. The maximum Gasteiger partial charge on any atom is 0.408 e. The van der Waals surface area contributed by atoms with Gasteiger partial charge in [0.1, 0.15) is 24.8 Å². The Kier molecular flexibility index (Phi) is 15.4. The maximum atomic E-state index is 13.7. The van der Waals surface area contributed by atoms with E-state index in [2.05, 4.69) is 21.3 Å². The summed E-state index contributed by atoms with van der Waals surface area (Å²) in [6.07, 6.45) is 1.64. The van der Waals surface area contributed by atoms with Crippen molar-refractivity contribution in [3.05, 3.63) is 48.0 Å². The molecule has 0 bridgehead atoms. The van der Waals surface area contributed by atoms with Gasteiger partial charge in [-0.25, -0.2) is 9.59 Å². The molecule has 1 aliphatic rings. The van der Waals surface area contributed by atoms with E-state index in [0.717, 1.165) is 5.56 Å². The van der Waals surface area contributed by atoms with Gasteiger partial charge in [0.05, 0.1) is 12.0 Å². The van der Waals surface area contributed by atoms with Crippen LogP contribution in [0.25, 0.3) is 0 Å². The number of nitrogens with one attached hydrogen (secondary N) is 4. The third-order valence-electron chi connectivity index (χ3n) is 7.26. The highest BCUT2D eigenvalue weighted by atomic mass is 16.6. The van der Waals surface area contributed by atoms with E-state index in [1.54, 1.807) is 52.0 Å². The second-order valence-electron chi connectivity index (χ2n) is 13.0. The number of hydrogen-bond acceptors (Lipinski definition) is 9. The molecule has 47 heavy (non-hydrogen) atoms. The van der Waals surface area contributed by atoms with E-state index in [1.807, 2.05) is 19.9 Å². The summed E-state index contributed by atoms with van der Waals surface area (Å²) in [7, 11) is 0. The van der Waals surface area contributed by atoms with Crippen LogP contribution in [0.5, 0.6) is 0 Å². The molecule has 1 heterocycles.